The van der Waals surface area contributed by atoms with Gasteiger partial charge in [0.2, 0.25) is 0 Å². The molecular weight excluding hydrogens is 485 g/mol. The Morgan fingerprint density at radius 3 is 2.41 bits per heavy atom. The van der Waals surface area contributed by atoms with Crippen LogP contribution in [0.15, 0.2) is 91.3 Å². The lowest BCUT2D eigenvalue weighted by atomic mass is 10.0. The number of anilines is 1. The molecule has 0 radical (unpaired) electrons. The minimum atomic E-state index is -4.69. The fraction of sp³-hybridized carbons (Fsp3) is 0.0385. The largest absolute Gasteiger partial charge is 0.507 e. The molecule has 11 heteroatoms. The molecule has 0 atom stereocenters. The molecule has 8 nitrogen and oxygen atoms in total. The standard InChI is InChI=1S/C26H17F3N6O2/c27-26(28,29)22-14-20(18-7-4-12-30-15-18)34-35(22)24-11-10-23(32-33-24)31-25(37)17-6-3-5-16(13-17)19-8-1-2-9-21(19)36/h1-15,36H,(H,31,32,37). The molecule has 0 aliphatic heterocycles. The molecule has 1 amide bonds. The van der Waals surface area contributed by atoms with E-state index in [9.17, 15) is 23.1 Å². The van der Waals surface area contributed by atoms with Gasteiger partial charge < -0.3 is 10.4 Å². The molecule has 0 saturated heterocycles. The average Bonchev–Trinajstić information content (AvgIpc) is 3.36. The van der Waals surface area contributed by atoms with E-state index >= 15 is 0 Å². The molecule has 2 N–H and O–H groups in total. The van der Waals surface area contributed by atoms with Gasteiger partial charge in [-0.3, -0.25) is 9.78 Å². The van der Waals surface area contributed by atoms with Crippen molar-refractivity contribution in [1.82, 2.24) is 25.0 Å². The fourth-order valence-electron chi connectivity index (χ4n) is 3.65. The number of carbonyl (C=O) groups is 1. The minimum Gasteiger partial charge on any atom is -0.507 e. The summed E-state index contributed by atoms with van der Waals surface area (Å²) in [7, 11) is 0. The van der Waals surface area contributed by atoms with Gasteiger partial charge in [0.05, 0.1) is 5.69 Å². The normalized spacial score (nSPS) is 11.3. The summed E-state index contributed by atoms with van der Waals surface area (Å²) in [6.45, 7) is 0. The van der Waals surface area contributed by atoms with E-state index in [-0.39, 0.29) is 23.1 Å². The van der Waals surface area contributed by atoms with Crippen molar-refractivity contribution in [2.24, 2.45) is 0 Å². The highest BCUT2D eigenvalue weighted by Crippen LogP contribution is 2.33. The van der Waals surface area contributed by atoms with Crippen molar-refractivity contribution < 1.29 is 23.1 Å². The van der Waals surface area contributed by atoms with Crippen LogP contribution >= 0.6 is 0 Å². The SMILES string of the molecule is O=C(Nc1ccc(-n2nc(-c3cccnc3)cc2C(F)(F)F)nn1)c1cccc(-c2ccccc2O)c1. The van der Waals surface area contributed by atoms with Crippen molar-refractivity contribution in [2.75, 3.05) is 5.32 Å². The summed E-state index contributed by atoms with van der Waals surface area (Å²) in [6, 6.07) is 20.0. The first-order chi connectivity index (χ1) is 17.8. The van der Waals surface area contributed by atoms with Crippen LogP contribution in [0, 0.1) is 0 Å². The summed E-state index contributed by atoms with van der Waals surface area (Å²) in [5, 5.41) is 24.4. The number of aromatic hydroxyl groups is 1. The molecule has 37 heavy (non-hydrogen) atoms. The van der Waals surface area contributed by atoms with Gasteiger partial charge in [-0.15, -0.1) is 10.2 Å². The minimum absolute atomic E-state index is 0.0370. The lowest BCUT2D eigenvalue weighted by Crippen LogP contribution is -2.16. The molecule has 0 unspecified atom stereocenters. The van der Waals surface area contributed by atoms with Crippen molar-refractivity contribution in [3.05, 3.63) is 103 Å². The maximum Gasteiger partial charge on any atom is 0.433 e. The van der Waals surface area contributed by atoms with E-state index in [4.69, 9.17) is 0 Å². The monoisotopic (exact) mass is 502 g/mol. The number of benzene rings is 2. The third-order valence-electron chi connectivity index (χ3n) is 5.41. The van der Waals surface area contributed by atoms with Crippen LogP contribution in [0.4, 0.5) is 19.0 Å². The second-order valence-electron chi connectivity index (χ2n) is 7.89. The van der Waals surface area contributed by atoms with Gasteiger partial charge in [-0.25, -0.2) is 4.68 Å². The molecule has 3 heterocycles. The zero-order valence-electron chi connectivity index (χ0n) is 18.9. The van der Waals surface area contributed by atoms with Crippen LogP contribution in [-0.2, 0) is 6.18 Å². The number of hydrogen-bond donors (Lipinski definition) is 2. The van der Waals surface area contributed by atoms with E-state index in [1.807, 2.05) is 0 Å². The van der Waals surface area contributed by atoms with Gasteiger partial charge >= 0.3 is 6.18 Å². The summed E-state index contributed by atoms with van der Waals surface area (Å²) in [5.74, 6) is -0.574. The molecule has 0 saturated carbocycles. The van der Waals surface area contributed by atoms with E-state index in [1.54, 1.807) is 60.7 Å². The maximum atomic E-state index is 13.7. The topological polar surface area (TPSA) is 106 Å². The number of para-hydroxylation sites is 1. The molecule has 0 aliphatic carbocycles. The number of phenols is 1. The molecule has 5 aromatic rings. The van der Waals surface area contributed by atoms with Gasteiger partial charge in [-0.05, 0) is 54.1 Å². The molecule has 0 aliphatic rings. The Hall–Kier alpha value is -5.06. The van der Waals surface area contributed by atoms with Gasteiger partial charge in [0.15, 0.2) is 17.3 Å². The summed E-state index contributed by atoms with van der Waals surface area (Å²) >= 11 is 0. The van der Waals surface area contributed by atoms with Crippen molar-refractivity contribution >= 4 is 11.7 Å². The number of nitrogens with zero attached hydrogens (tertiary/aromatic N) is 5. The number of aromatic nitrogens is 5. The lowest BCUT2D eigenvalue weighted by Gasteiger charge is -2.10. The molecule has 5 rings (SSSR count). The van der Waals surface area contributed by atoms with Crippen molar-refractivity contribution in [3.8, 4) is 34.0 Å². The molecule has 0 bridgehead atoms. The average molecular weight is 502 g/mol. The van der Waals surface area contributed by atoms with Crippen LogP contribution in [0.25, 0.3) is 28.2 Å². The number of rotatable bonds is 5. The van der Waals surface area contributed by atoms with Gasteiger partial charge in [0.1, 0.15) is 5.75 Å². The van der Waals surface area contributed by atoms with Gasteiger partial charge in [0.25, 0.3) is 5.91 Å². The number of alkyl halides is 3. The Morgan fingerprint density at radius 1 is 0.892 bits per heavy atom. The number of phenolic OH excluding ortho intramolecular Hbond substituents is 1. The van der Waals surface area contributed by atoms with E-state index in [1.165, 1.54) is 24.5 Å². The van der Waals surface area contributed by atoms with Crippen LogP contribution < -0.4 is 5.32 Å². The number of amides is 1. The molecule has 0 fully saturated rings. The smallest absolute Gasteiger partial charge is 0.433 e. The second-order valence-corrected chi connectivity index (χ2v) is 7.89. The summed E-state index contributed by atoms with van der Waals surface area (Å²) in [5.41, 5.74) is 0.942. The van der Waals surface area contributed by atoms with Crippen molar-refractivity contribution in [1.29, 1.82) is 0 Å². The predicted molar refractivity (Wildman–Crippen MR) is 129 cm³/mol. The Kier molecular flexibility index (Phi) is 6.10. The fourth-order valence-corrected chi connectivity index (χ4v) is 3.65. The van der Waals surface area contributed by atoms with Crippen LogP contribution in [0.5, 0.6) is 5.75 Å². The first-order valence-corrected chi connectivity index (χ1v) is 10.9. The zero-order chi connectivity index (χ0) is 26.0. The number of pyridine rings is 1. The van der Waals surface area contributed by atoms with Crippen LogP contribution in [0.1, 0.15) is 16.1 Å². The van der Waals surface area contributed by atoms with E-state index in [0.717, 1.165) is 6.07 Å². The lowest BCUT2D eigenvalue weighted by molar-refractivity contribution is -0.142. The highest BCUT2D eigenvalue weighted by Gasteiger charge is 2.37. The first-order valence-electron chi connectivity index (χ1n) is 10.9. The number of nitrogens with one attached hydrogen (secondary N) is 1. The Labute approximate surface area is 208 Å². The second kappa shape index (κ2) is 9.53. The van der Waals surface area contributed by atoms with Crippen molar-refractivity contribution in [3.63, 3.8) is 0 Å². The Balaban J connectivity index is 1.39. The highest BCUT2D eigenvalue weighted by atomic mass is 19.4. The van der Waals surface area contributed by atoms with E-state index in [0.29, 0.717) is 26.9 Å². The number of carbonyl (C=O) groups excluding carboxylic acids is 1. The number of hydrogen-bond acceptors (Lipinski definition) is 6. The summed E-state index contributed by atoms with van der Waals surface area (Å²) in [6.07, 6.45) is -1.78. The highest BCUT2D eigenvalue weighted by molar-refractivity contribution is 6.04. The quantitative estimate of drug-likeness (QED) is 0.335. The van der Waals surface area contributed by atoms with E-state index < -0.39 is 17.8 Å². The van der Waals surface area contributed by atoms with Crippen LogP contribution in [0.3, 0.4) is 0 Å². The van der Waals surface area contributed by atoms with Crippen molar-refractivity contribution in [2.45, 2.75) is 6.18 Å². The van der Waals surface area contributed by atoms with Gasteiger partial charge in [-0.1, -0.05) is 30.3 Å². The molecule has 184 valence electrons. The third-order valence-corrected chi connectivity index (χ3v) is 5.41. The Bertz CT molecular complexity index is 1570. The molecule has 0 spiro atoms. The van der Waals surface area contributed by atoms with Crippen LogP contribution in [-0.4, -0.2) is 36.0 Å². The zero-order valence-corrected chi connectivity index (χ0v) is 18.9. The number of halogens is 3. The molecule has 2 aromatic carbocycles. The first kappa shape index (κ1) is 23.7. The van der Waals surface area contributed by atoms with Gasteiger partial charge in [-0.2, -0.15) is 18.3 Å². The summed E-state index contributed by atoms with van der Waals surface area (Å²) < 4.78 is 41.7. The van der Waals surface area contributed by atoms with E-state index in [2.05, 4.69) is 25.6 Å². The van der Waals surface area contributed by atoms with Gasteiger partial charge in [0, 0.05) is 29.1 Å². The third kappa shape index (κ3) is 5.01. The maximum absolute atomic E-state index is 13.7. The predicted octanol–water partition coefficient (Wildman–Crippen LogP) is 5.37. The molecular formula is C26H17F3N6O2. The Morgan fingerprint density at radius 2 is 1.70 bits per heavy atom. The van der Waals surface area contributed by atoms with Crippen LogP contribution in [0.2, 0.25) is 0 Å². The summed E-state index contributed by atoms with van der Waals surface area (Å²) in [4.78, 5) is 16.7. The molecule has 3 aromatic heterocycles.